The maximum atomic E-state index is 12.7. The van der Waals surface area contributed by atoms with Gasteiger partial charge in [-0.25, -0.2) is 21.6 Å². The summed E-state index contributed by atoms with van der Waals surface area (Å²) in [5.41, 5.74) is 0. The maximum Gasteiger partial charge on any atom is 0.240 e. The molecule has 10 heteroatoms. The summed E-state index contributed by atoms with van der Waals surface area (Å²) in [6, 6.07) is 3.79. The Balaban J connectivity index is 2.17. The summed E-state index contributed by atoms with van der Waals surface area (Å²) in [5.74, 6) is 0.271. The van der Waals surface area contributed by atoms with Gasteiger partial charge in [0, 0.05) is 45.0 Å². The van der Waals surface area contributed by atoms with E-state index >= 15 is 0 Å². The predicted molar refractivity (Wildman–Crippen MR) is 107 cm³/mol. The Bertz CT molecular complexity index is 864. The summed E-state index contributed by atoms with van der Waals surface area (Å²) in [4.78, 5) is 4.26. The number of benzene rings is 1. The van der Waals surface area contributed by atoms with Crippen molar-refractivity contribution in [2.45, 2.75) is 29.7 Å². The van der Waals surface area contributed by atoms with Crippen LogP contribution in [0.1, 0.15) is 13.8 Å². The average molecular weight is 438 g/mol. The number of nitrogens with one attached hydrogen (secondary N) is 1. The minimum atomic E-state index is -3.85. The van der Waals surface area contributed by atoms with Crippen LogP contribution in [-0.4, -0.2) is 78.7 Å². The molecule has 0 bridgehead atoms. The fraction of sp³-hybridized carbons (Fsp3) is 0.647. The standard InChI is InChI=1S/C17H28ClN3O4S2/c1-13(2)16(21-9-7-20(3)8-10-21)12-19-27(24,25)14-5-6-15(18)17(11-14)26(4,22)23/h5-6,11,13,16,19H,7-10,12H2,1-4H3/t16-/m0/s1. The van der Waals surface area contributed by atoms with Crippen molar-refractivity contribution in [2.24, 2.45) is 5.92 Å². The zero-order valence-electron chi connectivity index (χ0n) is 16.1. The normalized spacial score (nSPS) is 18.7. The number of hydrogen-bond donors (Lipinski definition) is 1. The molecule has 1 aromatic carbocycles. The van der Waals surface area contributed by atoms with Crippen molar-refractivity contribution < 1.29 is 16.8 Å². The Hall–Kier alpha value is -0.710. The number of piperazine rings is 1. The third kappa shape index (κ3) is 5.88. The molecule has 1 aliphatic heterocycles. The molecule has 1 atom stereocenters. The van der Waals surface area contributed by atoms with Crippen LogP contribution >= 0.6 is 11.6 Å². The number of hydrogen-bond acceptors (Lipinski definition) is 6. The van der Waals surface area contributed by atoms with Crippen LogP contribution in [0.15, 0.2) is 28.0 Å². The van der Waals surface area contributed by atoms with Crippen LogP contribution in [0, 0.1) is 5.92 Å². The van der Waals surface area contributed by atoms with Gasteiger partial charge in [0.05, 0.1) is 14.8 Å². The fourth-order valence-corrected chi connectivity index (χ4v) is 5.61. The molecule has 1 aliphatic rings. The van der Waals surface area contributed by atoms with Gasteiger partial charge in [0.15, 0.2) is 9.84 Å². The lowest BCUT2D eigenvalue weighted by Gasteiger charge is -2.39. The van der Waals surface area contributed by atoms with Gasteiger partial charge >= 0.3 is 0 Å². The lowest BCUT2D eigenvalue weighted by molar-refractivity contribution is 0.0905. The van der Waals surface area contributed by atoms with Gasteiger partial charge in [-0.2, -0.15) is 0 Å². The van der Waals surface area contributed by atoms with E-state index in [-0.39, 0.29) is 33.3 Å². The summed E-state index contributed by atoms with van der Waals surface area (Å²) in [5, 5.41) is 0.00828. The lowest BCUT2D eigenvalue weighted by Crippen LogP contribution is -2.54. The van der Waals surface area contributed by atoms with E-state index in [0.717, 1.165) is 38.5 Å². The van der Waals surface area contributed by atoms with Crippen molar-refractivity contribution in [1.82, 2.24) is 14.5 Å². The van der Waals surface area contributed by atoms with E-state index in [9.17, 15) is 16.8 Å². The van der Waals surface area contributed by atoms with E-state index < -0.39 is 19.9 Å². The first-order valence-electron chi connectivity index (χ1n) is 8.83. The largest absolute Gasteiger partial charge is 0.304 e. The number of nitrogens with zero attached hydrogens (tertiary/aromatic N) is 2. The minimum absolute atomic E-state index is 0.00828. The van der Waals surface area contributed by atoms with Crippen molar-refractivity contribution in [3.8, 4) is 0 Å². The monoisotopic (exact) mass is 437 g/mol. The van der Waals surface area contributed by atoms with Gasteiger partial charge in [0.1, 0.15) is 0 Å². The minimum Gasteiger partial charge on any atom is -0.304 e. The van der Waals surface area contributed by atoms with Crippen molar-refractivity contribution >= 4 is 31.5 Å². The quantitative estimate of drug-likeness (QED) is 0.691. The Morgan fingerprint density at radius 3 is 2.22 bits per heavy atom. The second-order valence-electron chi connectivity index (χ2n) is 7.37. The van der Waals surface area contributed by atoms with Crippen molar-refractivity contribution in [3.05, 3.63) is 23.2 Å². The van der Waals surface area contributed by atoms with Gasteiger partial charge in [0.25, 0.3) is 0 Å². The summed E-state index contributed by atoms with van der Waals surface area (Å²) in [6.07, 6.45) is 1.00. The van der Waals surface area contributed by atoms with Crippen molar-refractivity contribution in [3.63, 3.8) is 0 Å². The molecule has 7 nitrogen and oxygen atoms in total. The molecule has 1 heterocycles. The number of sulfonamides is 1. The highest BCUT2D eigenvalue weighted by Gasteiger charge is 2.27. The highest BCUT2D eigenvalue weighted by atomic mass is 35.5. The summed E-state index contributed by atoms with van der Waals surface area (Å²) < 4.78 is 51.7. The third-order valence-electron chi connectivity index (χ3n) is 4.87. The van der Waals surface area contributed by atoms with Crippen LogP contribution in [-0.2, 0) is 19.9 Å². The van der Waals surface area contributed by atoms with Gasteiger partial charge in [-0.3, -0.25) is 4.90 Å². The zero-order chi connectivity index (χ0) is 20.4. The van der Waals surface area contributed by atoms with E-state index in [4.69, 9.17) is 11.6 Å². The van der Waals surface area contributed by atoms with E-state index in [1.807, 2.05) is 0 Å². The molecule has 1 fully saturated rings. The van der Waals surface area contributed by atoms with Crippen LogP contribution in [0.2, 0.25) is 5.02 Å². The fourth-order valence-electron chi connectivity index (χ4n) is 3.15. The smallest absolute Gasteiger partial charge is 0.240 e. The van der Waals surface area contributed by atoms with E-state index in [0.29, 0.717) is 0 Å². The van der Waals surface area contributed by atoms with Crippen LogP contribution in [0.5, 0.6) is 0 Å². The molecule has 1 aromatic rings. The van der Waals surface area contributed by atoms with Crippen molar-refractivity contribution in [2.75, 3.05) is 46.0 Å². The molecule has 0 unspecified atom stereocenters. The highest BCUT2D eigenvalue weighted by molar-refractivity contribution is 7.91. The second-order valence-corrected chi connectivity index (χ2v) is 11.5. The Morgan fingerprint density at radius 1 is 1.11 bits per heavy atom. The topological polar surface area (TPSA) is 86.8 Å². The second kappa shape index (κ2) is 8.75. The summed E-state index contributed by atoms with van der Waals surface area (Å²) in [7, 11) is -5.39. The average Bonchev–Trinajstić information content (AvgIpc) is 2.55. The molecule has 2 rings (SSSR count). The molecule has 0 aliphatic carbocycles. The number of halogens is 1. The predicted octanol–water partition coefficient (Wildman–Crippen LogP) is 1.29. The van der Waals surface area contributed by atoms with Gasteiger partial charge in [-0.15, -0.1) is 0 Å². The van der Waals surface area contributed by atoms with Gasteiger partial charge in [0.2, 0.25) is 10.0 Å². The molecular weight excluding hydrogens is 410 g/mol. The highest BCUT2D eigenvalue weighted by Crippen LogP contribution is 2.25. The molecule has 27 heavy (non-hydrogen) atoms. The van der Waals surface area contributed by atoms with E-state index in [1.54, 1.807) is 0 Å². The molecule has 1 N–H and O–H groups in total. The number of sulfone groups is 1. The van der Waals surface area contributed by atoms with E-state index in [2.05, 4.69) is 35.4 Å². The molecule has 0 saturated carbocycles. The van der Waals surface area contributed by atoms with Crippen molar-refractivity contribution in [1.29, 1.82) is 0 Å². The summed E-state index contributed by atoms with van der Waals surface area (Å²) in [6.45, 7) is 8.08. The lowest BCUT2D eigenvalue weighted by atomic mass is 10.0. The number of rotatable bonds is 7. The molecule has 0 aromatic heterocycles. The zero-order valence-corrected chi connectivity index (χ0v) is 18.5. The molecule has 0 amide bonds. The molecule has 0 radical (unpaired) electrons. The van der Waals surface area contributed by atoms with Gasteiger partial charge in [-0.1, -0.05) is 25.4 Å². The van der Waals surface area contributed by atoms with Crippen LogP contribution in [0.25, 0.3) is 0 Å². The van der Waals surface area contributed by atoms with Crippen LogP contribution in [0.4, 0.5) is 0 Å². The third-order valence-corrected chi connectivity index (χ3v) is 7.87. The first-order valence-corrected chi connectivity index (χ1v) is 12.6. The maximum absolute atomic E-state index is 12.7. The Morgan fingerprint density at radius 2 is 1.70 bits per heavy atom. The first-order chi connectivity index (χ1) is 12.4. The first kappa shape index (κ1) is 22.6. The molecule has 1 saturated heterocycles. The molecular formula is C17H28ClN3O4S2. The summed E-state index contributed by atoms with van der Waals surface area (Å²) >= 11 is 5.91. The number of likely N-dealkylation sites (N-methyl/N-ethyl adjacent to an activating group) is 1. The van der Waals surface area contributed by atoms with Crippen LogP contribution in [0.3, 0.4) is 0 Å². The van der Waals surface area contributed by atoms with E-state index in [1.165, 1.54) is 12.1 Å². The Labute approximate surface area is 167 Å². The van der Waals surface area contributed by atoms with Gasteiger partial charge in [-0.05, 0) is 31.2 Å². The SMILES string of the molecule is CC(C)[C@H](CNS(=O)(=O)c1ccc(Cl)c(S(C)(=O)=O)c1)N1CCN(C)CC1. The molecule has 154 valence electrons. The van der Waals surface area contributed by atoms with Gasteiger partial charge < -0.3 is 4.90 Å². The molecule has 0 spiro atoms. The van der Waals surface area contributed by atoms with Crippen LogP contribution < -0.4 is 4.72 Å². The Kier molecular flexibility index (Phi) is 7.32.